The van der Waals surface area contributed by atoms with Gasteiger partial charge in [0.2, 0.25) is 0 Å². The minimum atomic E-state index is -0.907. The molecular weight excluding hydrogens is 216 g/mol. The van der Waals surface area contributed by atoms with Crippen molar-refractivity contribution in [2.24, 2.45) is 0 Å². The molecule has 0 saturated carbocycles. The Morgan fingerprint density at radius 2 is 1.71 bits per heavy atom. The summed E-state index contributed by atoms with van der Waals surface area (Å²) >= 11 is 0. The number of carbonyl (C=O) groups is 1. The topological polar surface area (TPSA) is 57.5 Å². The summed E-state index contributed by atoms with van der Waals surface area (Å²) < 4.78 is 0. The molecule has 94 valence electrons. The van der Waals surface area contributed by atoms with E-state index in [2.05, 4.69) is 0 Å². The third-order valence-corrected chi connectivity index (χ3v) is 2.94. The van der Waals surface area contributed by atoms with E-state index in [0.29, 0.717) is 0 Å². The lowest BCUT2D eigenvalue weighted by Crippen LogP contribution is -2.23. The second-order valence-electron chi connectivity index (χ2n) is 5.59. The summed E-state index contributed by atoms with van der Waals surface area (Å²) in [4.78, 5) is 10.8. The molecule has 0 atom stereocenters. The molecule has 0 aromatic heterocycles. The number of aliphatic carboxylic acids is 1. The smallest absolute Gasteiger partial charge is 0.304 e. The second kappa shape index (κ2) is 4.49. The van der Waals surface area contributed by atoms with Crippen molar-refractivity contribution in [3.8, 4) is 0 Å². The van der Waals surface area contributed by atoms with Gasteiger partial charge in [-0.1, -0.05) is 38.1 Å². The molecule has 0 spiro atoms. The Bertz CT molecular complexity index is 414. The molecule has 0 unspecified atom stereocenters. The zero-order valence-corrected chi connectivity index (χ0v) is 10.8. The Kier molecular flexibility index (Phi) is 3.62. The number of hydrogen-bond acceptors (Lipinski definition) is 2. The predicted molar refractivity (Wildman–Crippen MR) is 67.0 cm³/mol. The van der Waals surface area contributed by atoms with Gasteiger partial charge in [-0.05, 0) is 25.0 Å². The third kappa shape index (κ3) is 3.56. The van der Waals surface area contributed by atoms with Crippen molar-refractivity contribution in [2.45, 2.75) is 45.1 Å². The van der Waals surface area contributed by atoms with Crippen LogP contribution in [0.1, 0.15) is 45.2 Å². The maximum absolute atomic E-state index is 10.8. The SMILES string of the molecule is CC(C)(O)c1cccc(C(C)(C)CC(=O)O)c1. The van der Waals surface area contributed by atoms with Crippen molar-refractivity contribution in [2.75, 3.05) is 0 Å². The van der Waals surface area contributed by atoms with Crippen molar-refractivity contribution in [1.29, 1.82) is 0 Å². The molecular formula is C14H20O3. The van der Waals surface area contributed by atoms with Gasteiger partial charge in [0.1, 0.15) is 0 Å². The first kappa shape index (κ1) is 13.7. The van der Waals surface area contributed by atoms with Gasteiger partial charge in [0.25, 0.3) is 0 Å². The van der Waals surface area contributed by atoms with Gasteiger partial charge < -0.3 is 10.2 Å². The van der Waals surface area contributed by atoms with E-state index in [-0.39, 0.29) is 6.42 Å². The van der Waals surface area contributed by atoms with Crippen LogP contribution in [0.2, 0.25) is 0 Å². The van der Waals surface area contributed by atoms with E-state index in [1.54, 1.807) is 13.8 Å². The number of benzene rings is 1. The number of rotatable bonds is 4. The fourth-order valence-corrected chi connectivity index (χ4v) is 1.80. The Hall–Kier alpha value is -1.35. The van der Waals surface area contributed by atoms with Crippen LogP contribution in [0.3, 0.4) is 0 Å². The van der Waals surface area contributed by atoms with Gasteiger partial charge in [0.15, 0.2) is 0 Å². The molecule has 0 amide bonds. The highest BCUT2D eigenvalue weighted by molar-refractivity contribution is 5.68. The van der Waals surface area contributed by atoms with Crippen LogP contribution in [-0.4, -0.2) is 16.2 Å². The Labute approximate surface area is 102 Å². The third-order valence-electron chi connectivity index (χ3n) is 2.94. The zero-order chi connectivity index (χ0) is 13.3. The fourth-order valence-electron chi connectivity index (χ4n) is 1.80. The van der Waals surface area contributed by atoms with E-state index >= 15 is 0 Å². The Morgan fingerprint density at radius 3 is 2.18 bits per heavy atom. The van der Waals surface area contributed by atoms with Gasteiger partial charge in [-0.2, -0.15) is 0 Å². The average molecular weight is 236 g/mol. The molecule has 0 aliphatic rings. The van der Waals surface area contributed by atoms with Crippen LogP contribution in [0.15, 0.2) is 24.3 Å². The van der Waals surface area contributed by atoms with Crippen LogP contribution in [0.5, 0.6) is 0 Å². The van der Waals surface area contributed by atoms with Crippen LogP contribution in [-0.2, 0) is 15.8 Å². The molecule has 0 fully saturated rings. The van der Waals surface area contributed by atoms with Crippen molar-refractivity contribution in [3.63, 3.8) is 0 Å². The van der Waals surface area contributed by atoms with E-state index in [9.17, 15) is 9.90 Å². The summed E-state index contributed by atoms with van der Waals surface area (Å²) in [7, 11) is 0. The largest absolute Gasteiger partial charge is 0.481 e. The van der Waals surface area contributed by atoms with Crippen molar-refractivity contribution in [1.82, 2.24) is 0 Å². The number of hydrogen-bond donors (Lipinski definition) is 2. The maximum Gasteiger partial charge on any atom is 0.304 e. The van der Waals surface area contributed by atoms with Crippen molar-refractivity contribution >= 4 is 5.97 Å². The number of carboxylic acid groups (broad SMARTS) is 1. The molecule has 0 heterocycles. The molecule has 0 bridgehead atoms. The molecule has 3 heteroatoms. The van der Waals surface area contributed by atoms with E-state index < -0.39 is 17.0 Å². The standard InChI is InChI=1S/C14H20O3/c1-13(2,9-12(15)16)10-6-5-7-11(8-10)14(3,4)17/h5-8,17H,9H2,1-4H3,(H,15,16). The normalized spacial score (nSPS) is 12.5. The molecule has 1 rings (SSSR count). The Balaban J connectivity index is 3.11. The minimum Gasteiger partial charge on any atom is -0.481 e. The van der Waals surface area contributed by atoms with Crippen LogP contribution in [0.4, 0.5) is 0 Å². The van der Waals surface area contributed by atoms with Gasteiger partial charge in [0.05, 0.1) is 12.0 Å². The molecule has 0 radical (unpaired) electrons. The predicted octanol–water partition coefficient (Wildman–Crippen LogP) is 2.67. The van der Waals surface area contributed by atoms with E-state index in [0.717, 1.165) is 11.1 Å². The van der Waals surface area contributed by atoms with Crippen LogP contribution in [0.25, 0.3) is 0 Å². The van der Waals surface area contributed by atoms with Gasteiger partial charge >= 0.3 is 5.97 Å². The van der Waals surface area contributed by atoms with Crippen molar-refractivity contribution < 1.29 is 15.0 Å². The molecule has 17 heavy (non-hydrogen) atoms. The highest BCUT2D eigenvalue weighted by atomic mass is 16.4. The average Bonchev–Trinajstić information content (AvgIpc) is 2.14. The van der Waals surface area contributed by atoms with Gasteiger partial charge in [-0.3, -0.25) is 4.79 Å². The van der Waals surface area contributed by atoms with Crippen LogP contribution >= 0.6 is 0 Å². The summed E-state index contributed by atoms with van der Waals surface area (Å²) in [6, 6.07) is 7.48. The quantitative estimate of drug-likeness (QED) is 0.845. The summed E-state index contributed by atoms with van der Waals surface area (Å²) in [6.45, 7) is 7.22. The second-order valence-corrected chi connectivity index (χ2v) is 5.59. The molecule has 3 nitrogen and oxygen atoms in total. The summed E-state index contributed by atoms with van der Waals surface area (Å²) in [5.41, 5.74) is 0.385. The van der Waals surface area contributed by atoms with Crippen molar-refractivity contribution in [3.05, 3.63) is 35.4 Å². The molecule has 0 aliphatic carbocycles. The van der Waals surface area contributed by atoms with Gasteiger partial charge in [0, 0.05) is 5.41 Å². The van der Waals surface area contributed by atoms with Crippen LogP contribution in [0, 0.1) is 0 Å². The lowest BCUT2D eigenvalue weighted by molar-refractivity contribution is -0.138. The Morgan fingerprint density at radius 1 is 1.18 bits per heavy atom. The molecule has 1 aromatic rings. The summed E-state index contributed by atoms with van der Waals surface area (Å²) in [6.07, 6.45) is 0.0717. The number of carboxylic acids is 1. The molecule has 0 aliphatic heterocycles. The number of aliphatic hydroxyl groups is 1. The zero-order valence-electron chi connectivity index (χ0n) is 10.8. The monoisotopic (exact) mass is 236 g/mol. The first-order valence-corrected chi connectivity index (χ1v) is 5.68. The minimum absolute atomic E-state index is 0.0717. The van der Waals surface area contributed by atoms with E-state index in [4.69, 9.17) is 5.11 Å². The highest BCUT2D eigenvalue weighted by Crippen LogP contribution is 2.30. The fraction of sp³-hybridized carbons (Fsp3) is 0.500. The van der Waals surface area contributed by atoms with E-state index in [1.165, 1.54) is 0 Å². The molecule has 1 aromatic carbocycles. The first-order valence-electron chi connectivity index (χ1n) is 5.68. The van der Waals surface area contributed by atoms with Gasteiger partial charge in [-0.15, -0.1) is 0 Å². The van der Waals surface area contributed by atoms with Gasteiger partial charge in [-0.25, -0.2) is 0 Å². The molecule has 2 N–H and O–H groups in total. The van der Waals surface area contributed by atoms with Crippen LogP contribution < -0.4 is 0 Å². The summed E-state index contributed by atoms with van der Waals surface area (Å²) in [5, 5.41) is 18.8. The lowest BCUT2D eigenvalue weighted by Gasteiger charge is -2.26. The first-order chi connectivity index (χ1) is 7.63. The highest BCUT2D eigenvalue weighted by Gasteiger charge is 2.26. The molecule has 0 saturated heterocycles. The van der Waals surface area contributed by atoms with E-state index in [1.807, 2.05) is 38.1 Å². The summed E-state index contributed by atoms with van der Waals surface area (Å²) in [5.74, 6) is -0.816. The maximum atomic E-state index is 10.8. The lowest BCUT2D eigenvalue weighted by atomic mass is 9.80.